The lowest BCUT2D eigenvalue weighted by atomic mass is 10.0. The molecule has 0 aromatic carbocycles. The molecular weight excluding hydrogens is 412 g/mol. The zero-order valence-corrected chi connectivity index (χ0v) is 18.2. The van der Waals surface area contributed by atoms with Gasteiger partial charge in [0.2, 0.25) is 21.8 Å². The van der Waals surface area contributed by atoms with Crippen molar-refractivity contribution in [2.45, 2.75) is 69.6 Å². The number of amides is 2. The van der Waals surface area contributed by atoms with Crippen molar-refractivity contribution in [1.29, 1.82) is 0 Å². The van der Waals surface area contributed by atoms with Crippen molar-refractivity contribution in [3.05, 3.63) is 10.0 Å². The highest BCUT2D eigenvalue weighted by molar-refractivity contribution is 7.89. The molecule has 0 spiro atoms. The highest BCUT2D eigenvalue weighted by Gasteiger charge is 2.34. The number of hydrogen-bond acceptors (Lipinski definition) is 7. The second kappa shape index (κ2) is 8.77. The number of likely N-dealkylation sites (tertiary alicyclic amines) is 1. The van der Waals surface area contributed by atoms with Gasteiger partial charge in [0.1, 0.15) is 10.0 Å². The second-order valence-electron chi connectivity index (χ2n) is 8.27. The first kappa shape index (κ1) is 20.9. The normalized spacial score (nSPS) is 25.1. The van der Waals surface area contributed by atoms with E-state index in [1.54, 1.807) is 11.3 Å². The molecule has 1 saturated carbocycles. The average molecular weight is 441 g/mol. The Bertz CT molecular complexity index is 847. The van der Waals surface area contributed by atoms with Crippen LogP contribution in [0, 0.1) is 0 Å². The van der Waals surface area contributed by atoms with Crippen LogP contribution in [0.15, 0.2) is 0 Å². The molecule has 3 fully saturated rings. The summed E-state index contributed by atoms with van der Waals surface area (Å²) in [7, 11) is -3.54. The van der Waals surface area contributed by atoms with Crippen LogP contribution in [0.2, 0.25) is 0 Å². The predicted octanol–water partition coefficient (Wildman–Crippen LogP) is 2.24. The summed E-state index contributed by atoms with van der Waals surface area (Å²) in [6.45, 7) is 0.838. The van der Waals surface area contributed by atoms with Gasteiger partial charge in [0.25, 0.3) is 0 Å². The average Bonchev–Trinajstić information content (AvgIpc) is 3.39. The Morgan fingerprint density at radius 2 is 1.52 bits per heavy atom. The van der Waals surface area contributed by atoms with E-state index in [1.807, 2.05) is 0 Å². The topological polar surface area (TPSA) is 101 Å². The fourth-order valence-electron chi connectivity index (χ4n) is 4.53. The maximum absolute atomic E-state index is 12.9. The lowest BCUT2D eigenvalue weighted by Crippen LogP contribution is -2.46. The van der Waals surface area contributed by atoms with Crippen LogP contribution in [-0.2, 0) is 19.6 Å². The van der Waals surface area contributed by atoms with Gasteiger partial charge in [0, 0.05) is 44.3 Å². The Balaban J connectivity index is 1.38. The van der Waals surface area contributed by atoms with E-state index >= 15 is 0 Å². The molecule has 0 N–H and O–H groups in total. The molecule has 29 heavy (non-hydrogen) atoms. The Labute approximate surface area is 175 Å². The summed E-state index contributed by atoms with van der Waals surface area (Å²) in [5.41, 5.74) is 0. The number of rotatable bonds is 6. The third kappa shape index (κ3) is 4.69. The molecule has 8 nitrogen and oxygen atoms in total. The molecule has 1 aliphatic carbocycles. The minimum absolute atomic E-state index is 0.0498. The van der Waals surface area contributed by atoms with Crippen LogP contribution in [0.5, 0.6) is 0 Å². The van der Waals surface area contributed by atoms with E-state index in [-0.39, 0.29) is 30.0 Å². The van der Waals surface area contributed by atoms with Crippen LogP contribution < -0.4 is 0 Å². The molecule has 3 aliphatic rings. The summed E-state index contributed by atoms with van der Waals surface area (Å²) < 4.78 is 27.3. The number of sulfonamides is 1. The van der Waals surface area contributed by atoms with Crippen molar-refractivity contribution >= 4 is 33.2 Å². The smallest absolute Gasteiger partial charge is 0.229 e. The zero-order valence-electron chi connectivity index (χ0n) is 16.6. The maximum Gasteiger partial charge on any atom is 0.229 e. The zero-order chi connectivity index (χ0) is 20.4. The van der Waals surface area contributed by atoms with Gasteiger partial charge in [-0.05, 0) is 32.1 Å². The summed E-state index contributed by atoms with van der Waals surface area (Å²) in [5.74, 6) is -0.142. The van der Waals surface area contributed by atoms with E-state index in [2.05, 4.69) is 10.2 Å². The maximum atomic E-state index is 12.9. The minimum Gasteiger partial charge on any atom is -0.282 e. The van der Waals surface area contributed by atoms with Crippen LogP contribution >= 0.6 is 11.3 Å². The molecule has 10 heteroatoms. The number of piperidine rings is 2. The summed E-state index contributed by atoms with van der Waals surface area (Å²) in [4.78, 5) is 25.0. The van der Waals surface area contributed by atoms with E-state index < -0.39 is 10.0 Å². The van der Waals surface area contributed by atoms with Gasteiger partial charge in [0.05, 0.1) is 5.75 Å². The summed E-state index contributed by atoms with van der Waals surface area (Å²) in [5, 5.41) is 10.8. The molecular formula is C19H28N4O4S2. The van der Waals surface area contributed by atoms with Crippen molar-refractivity contribution in [1.82, 2.24) is 19.4 Å². The Morgan fingerprint density at radius 1 is 0.897 bits per heavy atom. The molecule has 3 heterocycles. The van der Waals surface area contributed by atoms with Gasteiger partial charge >= 0.3 is 0 Å². The fourth-order valence-corrected chi connectivity index (χ4v) is 7.16. The van der Waals surface area contributed by atoms with E-state index in [0.29, 0.717) is 38.3 Å². The summed E-state index contributed by atoms with van der Waals surface area (Å²) in [6, 6.07) is 0. The van der Waals surface area contributed by atoms with E-state index in [4.69, 9.17) is 0 Å². The van der Waals surface area contributed by atoms with Crippen molar-refractivity contribution in [3.63, 3.8) is 0 Å². The van der Waals surface area contributed by atoms with Crippen molar-refractivity contribution in [2.24, 2.45) is 0 Å². The second-order valence-corrected chi connectivity index (χ2v) is 11.4. The third-order valence-corrected chi connectivity index (χ3v) is 9.31. The lowest BCUT2D eigenvalue weighted by molar-refractivity contribution is -0.147. The molecule has 160 valence electrons. The first-order chi connectivity index (χ1) is 13.9. The van der Waals surface area contributed by atoms with Crippen molar-refractivity contribution in [3.8, 4) is 0 Å². The van der Waals surface area contributed by atoms with Crippen LogP contribution in [-0.4, -0.2) is 65.0 Å². The molecule has 1 atom stereocenters. The van der Waals surface area contributed by atoms with Crippen LogP contribution in [0.3, 0.4) is 0 Å². The van der Waals surface area contributed by atoms with Gasteiger partial charge in [-0.25, -0.2) is 12.7 Å². The number of hydrogen-bond donors (Lipinski definition) is 0. The largest absolute Gasteiger partial charge is 0.282 e. The first-order valence-electron chi connectivity index (χ1n) is 10.6. The molecule has 2 saturated heterocycles. The number of imide groups is 1. The summed E-state index contributed by atoms with van der Waals surface area (Å²) in [6.07, 6.45) is 7.73. The Hall–Kier alpha value is -1.39. The van der Waals surface area contributed by atoms with Crippen LogP contribution in [0.25, 0.3) is 0 Å². The molecule has 2 amide bonds. The number of carbonyl (C=O) groups is 2. The third-order valence-electron chi connectivity index (χ3n) is 6.24. The lowest BCUT2D eigenvalue weighted by Gasteiger charge is -2.32. The summed E-state index contributed by atoms with van der Waals surface area (Å²) >= 11 is 1.64. The number of aromatic nitrogens is 2. The minimum atomic E-state index is -3.54. The Morgan fingerprint density at radius 3 is 2.21 bits per heavy atom. The number of carbonyl (C=O) groups excluding carboxylic acids is 2. The van der Waals surface area contributed by atoms with E-state index in [9.17, 15) is 18.0 Å². The quantitative estimate of drug-likeness (QED) is 0.629. The van der Waals surface area contributed by atoms with Crippen LogP contribution in [0.1, 0.15) is 79.6 Å². The molecule has 2 aliphatic heterocycles. The highest BCUT2D eigenvalue weighted by Crippen LogP contribution is 2.38. The number of nitrogens with zero attached hydrogens (tertiary/aromatic N) is 4. The van der Waals surface area contributed by atoms with Gasteiger partial charge in [-0.15, -0.1) is 21.5 Å². The Kier molecular flexibility index (Phi) is 6.31. The molecule has 4 rings (SSSR count). The standard InChI is InChI=1S/C19H28N4O4S2/c24-16-8-3-9-17(25)23(16)11-12-29(26,27)22-10-4-7-15(13-22)19-21-20-18(28-19)14-5-1-2-6-14/h14-15H,1-13H2. The van der Waals surface area contributed by atoms with Gasteiger partial charge in [0.15, 0.2) is 0 Å². The molecule has 1 unspecified atom stereocenters. The van der Waals surface area contributed by atoms with Gasteiger partial charge in [-0.1, -0.05) is 12.8 Å². The SMILES string of the molecule is O=C1CCCC(=O)N1CCS(=O)(=O)N1CCCC(c2nnc(C3CCCC3)s2)C1. The molecule has 0 bridgehead atoms. The van der Waals surface area contributed by atoms with Crippen LogP contribution in [0.4, 0.5) is 0 Å². The fraction of sp³-hybridized carbons (Fsp3) is 0.789. The van der Waals surface area contributed by atoms with Crippen molar-refractivity contribution in [2.75, 3.05) is 25.4 Å². The van der Waals surface area contributed by atoms with Gasteiger partial charge < -0.3 is 0 Å². The molecule has 0 radical (unpaired) electrons. The molecule has 1 aromatic heterocycles. The molecule has 1 aromatic rings. The van der Waals surface area contributed by atoms with Gasteiger partial charge in [-0.2, -0.15) is 0 Å². The first-order valence-corrected chi connectivity index (χ1v) is 13.0. The van der Waals surface area contributed by atoms with E-state index in [0.717, 1.165) is 27.8 Å². The predicted molar refractivity (Wildman–Crippen MR) is 109 cm³/mol. The van der Waals surface area contributed by atoms with Crippen molar-refractivity contribution < 1.29 is 18.0 Å². The van der Waals surface area contributed by atoms with Gasteiger partial charge in [-0.3, -0.25) is 14.5 Å². The monoisotopic (exact) mass is 440 g/mol. The van der Waals surface area contributed by atoms with E-state index in [1.165, 1.54) is 30.0 Å². The highest BCUT2D eigenvalue weighted by atomic mass is 32.2.